The van der Waals surface area contributed by atoms with Gasteiger partial charge in [-0.1, -0.05) is 40.0 Å². The highest BCUT2D eigenvalue weighted by molar-refractivity contribution is 6.70. The summed E-state index contributed by atoms with van der Waals surface area (Å²) in [4.78, 5) is 11.7. The van der Waals surface area contributed by atoms with E-state index >= 15 is 0 Å². The molecule has 0 aromatic carbocycles. The molecular formula is C14H29FO2Si. The molecule has 0 saturated heterocycles. The van der Waals surface area contributed by atoms with Gasteiger partial charge in [-0.15, -0.1) is 0 Å². The lowest BCUT2D eigenvalue weighted by atomic mass is 10.0. The number of unbranched alkanes of at least 4 members (excludes halogenated alkanes) is 1. The molecule has 0 rings (SSSR count). The molecule has 0 amide bonds. The van der Waals surface area contributed by atoms with Crippen molar-refractivity contribution in [2.75, 3.05) is 6.61 Å². The number of hydrogen-bond acceptors (Lipinski definition) is 2. The maximum Gasteiger partial charge on any atom is 0.308 e. The average molecular weight is 276 g/mol. The van der Waals surface area contributed by atoms with E-state index in [0.29, 0.717) is 18.6 Å². The molecule has 0 aliphatic rings. The Bertz CT molecular complexity index is 238. The molecular weight excluding hydrogens is 247 g/mol. The minimum atomic E-state index is -2.67. The Hall–Kier alpha value is -0.383. The maximum atomic E-state index is 13.6. The average Bonchev–Trinajstić information content (AvgIpc) is 2.26. The number of carbonyl (C=O) groups excluding carboxylic acids is 1. The normalized spacial score (nSPS) is 15.2. The molecule has 4 heteroatoms. The van der Waals surface area contributed by atoms with Crippen LogP contribution in [0, 0.1) is 11.8 Å². The number of rotatable bonds is 9. The van der Waals surface area contributed by atoms with E-state index in [9.17, 15) is 8.90 Å². The zero-order valence-electron chi connectivity index (χ0n) is 12.6. The third-order valence-corrected chi connectivity index (χ3v) is 4.78. The van der Waals surface area contributed by atoms with Crippen LogP contribution in [0.25, 0.3) is 0 Å². The van der Waals surface area contributed by atoms with Gasteiger partial charge in [0.2, 0.25) is 8.41 Å². The van der Waals surface area contributed by atoms with Crippen LogP contribution in [0.15, 0.2) is 0 Å². The molecule has 2 nitrogen and oxygen atoms in total. The summed E-state index contributed by atoms with van der Waals surface area (Å²) >= 11 is 0. The Labute approximate surface area is 112 Å². The predicted octanol–water partition coefficient (Wildman–Crippen LogP) is 4.56. The van der Waals surface area contributed by atoms with Gasteiger partial charge < -0.3 is 8.84 Å². The van der Waals surface area contributed by atoms with E-state index in [-0.39, 0.29) is 11.9 Å². The van der Waals surface area contributed by atoms with Crippen molar-refractivity contribution in [2.45, 2.75) is 65.6 Å². The number of hydrogen-bond donors (Lipinski definition) is 0. The lowest BCUT2D eigenvalue weighted by Crippen LogP contribution is -2.27. The van der Waals surface area contributed by atoms with Crippen molar-refractivity contribution in [3.63, 3.8) is 0 Å². The van der Waals surface area contributed by atoms with Crippen LogP contribution in [0.4, 0.5) is 4.11 Å². The van der Waals surface area contributed by atoms with Crippen molar-refractivity contribution >= 4 is 14.4 Å². The Balaban J connectivity index is 3.99. The number of esters is 1. The molecule has 0 radical (unpaired) electrons. The van der Waals surface area contributed by atoms with Gasteiger partial charge in [-0.05, 0) is 31.5 Å². The van der Waals surface area contributed by atoms with Crippen molar-refractivity contribution in [1.29, 1.82) is 0 Å². The fourth-order valence-corrected chi connectivity index (χ4v) is 3.67. The predicted molar refractivity (Wildman–Crippen MR) is 76.8 cm³/mol. The zero-order chi connectivity index (χ0) is 14.2. The quantitative estimate of drug-likeness (QED) is 0.351. The van der Waals surface area contributed by atoms with E-state index in [2.05, 4.69) is 13.8 Å². The minimum Gasteiger partial charge on any atom is -0.465 e. The molecule has 0 aromatic heterocycles. The van der Waals surface area contributed by atoms with E-state index < -0.39 is 8.41 Å². The van der Waals surface area contributed by atoms with Crippen molar-refractivity contribution in [3.05, 3.63) is 0 Å². The monoisotopic (exact) mass is 276 g/mol. The summed E-state index contributed by atoms with van der Waals surface area (Å²) in [6.07, 6.45) is 4.49. The fraction of sp³-hybridized carbons (Fsp3) is 0.929. The van der Waals surface area contributed by atoms with E-state index in [1.165, 1.54) is 12.8 Å². The van der Waals surface area contributed by atoms with Crippen LogP contribution in [0.1, 0.15) is 46.5 Å². The summed E-state index contributed by atoms with van der Waals surface area (Å²) in [5.41, 5.74) is 0. The summed E-state index contributed by atoms with van der Waals surface area (Å²) in [6, 6.07) is 0.359. The van der Waals surface area contributed by atoms with Crippen LogP contribution in [0.5, 0.6) is 0 Å². The highest BCUT2D eigenvalue weighted by Crippen LogP contribution is 2.20. The third kappa shape index (κ3) is 8.67. The van der Waals surface area contributed by atoms with Crippen LogP contribution in [-0.2, 0) is 9.53 Å². The van der Waals surface area contributed by atoms with Gasteiger partial charge in [-0.2, -0.15) is 0 Å². The second kappa shape index (κ2) is 8.67. The first-order valence-electron chi connectivity index (χ1n) is 7.15. The van der Waals surface area contributed by atoms with Gasteiger partial charge in [0.15, 0.2) is 0 Å². The summed E-state index contributed by atoms with van der Waals surface area (Å²) in [5.74, 6) is -0.0831. The van der Waals surface area contributed by atoms with Gasteiger partial charge in [-0.3, -0.25) is 4.79 Å². The van der Waals surface area contributed by atoms with E-state index in [1.54, 1.807) is 20.0 Å². The highest BCUT2D eigenvalue weighted by atomic mass is 28.4. The van der Waals surface area contributed by atoms with Crippen LogP contribution in [0.3, 0.4) is 0 Å². The molecule has 18 heavy (non-hydrogen) atoms. The first-order valence-corrected chi connectivity index (χ1v) is 10.2. The largest absolute Gasteiger partial charge is 0.465 e. The molecule has 0 aromatic rings. The van der Waals surface area contributed by atoms with Gasteiger partial charge in [0.1, 0.15) is 0 Å². The highest BCUT2D eigenvalue weighted by Gasteiger charge is 2.28. The van der Waals surface area contributed by atoms with Crippen LogP contribution >= 0.6 is 0 Å². The fourth-order valence-electron chi connectivity index (χ4n) is 2.05. The third-order valence-electron chi connectivity index (χ3n) is 3.20. The van der Waals surface area contributed by atoms with Gasteiger partial charge in [0.25, 0.3) is 0 Å². The molecule has 0 N–H and O–H groups in total. The second-order valence-electron chi connectivity index (χ2n) is 5.87. The second-order valence-corrected chi connectivity index (χ2v) is 9.72. The minimum absolute atomic E-state index is 0.233. The number of halogens is 1. The SMILES string of the molecule is CCCCC(CC)COC(=O)C(C)C[Si](C)(C)F. The molecule has 108 valence electrons. The molecule has 0 aliphatic carbocycles. The Kier molecular flexibility index (Phi) is 8.49. The van der Waals surface area contributed by atoms with E-state index in [1.807, 2.05) is 0 Å². The molecule has 0 aliphatic heterocycles. The van der Waals surface area contributed by atoms with Gasteiger partial charge in [-0.25, -0.2) is 0 Å². The molecule has 2 atom stereocenters. The summed E-state index contributed by atoms with van der Waals surface area (Å²) in [7, 11) is -2.67. The van der Waals surface area contributed by atoms with Crippen LogP contribution in [0.2, 0.25) is 19.1 Å². The Morgan fingerprint density at radius 1 is 1.33 bits per heavy atom. The maximum absolute atomic E-state index is 13.6. The van der Waals surface area contributed by atoms with E-state index in [4.69, 9.17) is 4.74 Å². The number of carbonyl (C=O) groups is 1. The van der Waals surface area contributed by atoms with E-state index in [0.717, 1.165) is 12.8 Å². The van der Waals surface area contributed by atoms with Crippen molar-refractivity contribution in [2.24, 2.45) is 11.8 Å². The molecule has 0 fully saturated rings. The summed E-state index contributed by atoms with van der Waals surface area (Å²) in [5, 5.41) is 0. The van der Waals surface area contributed by atoms with Crippen molar-refractivity contribution < 1.29 is 13.6 Å². The molecule has 0 saturated carbocycles. The van der Waals surface area contributed by atoms with Crippen LogP contribution < -0.4 is 0 Å². The van der Waals surface area contributed by atoms with Crippen LogP contribution in [-0.4, -0.2) is 21.0 Å². The summed E-state index contributed by atoms with van der Waals surface area (Å²) in [6.45, 7) is 9.81. The Morgan fingerprint density at radius 2 is 1.94 bits per heavy atom. The molecule has 0 heterocycles. The zero-order valence-corrected chi connectivity index (χ0v) is 13.6. The first-order chi connectivity index (χ1) is 8.30. The smallest absolute Gasteiger partial charge is 0.308 e. The lowest BCUT2D eigenvalue weighted by Gasteiger charge is -2.19. The lowest BCUT2D eigenvalue weighted by molar-refractivity contribution is -0.148. The number of ether oxygens (including phenoxy) is 1. The van der Waals surface area contributed by atoms with Gasteiger partial charge >= 0.3 is 5.97 Å². The van der Waals surface area contributed by atoms with Gasteiger partial charge in [0, 0.05) is 0 Å². The van der Waals surface area contributed by atoms with Gasteiger partial charge in [0.05, 0.1) is 12.5 Å². The first kappa shape index (κ1) is 17.6. The summed E-state index contributed by atoms with van der Waals surface area (Å²) < 4.78 is 18.9. The Morgan fingerprint density at radius 3 is 2.39 bits per heavy atom. The standard InChI is InChI=1S/C14H29FO2Si/c1-6-8-9-13(7-2)10-17-14(16)12(3)11-18(4,5)15/h12-13H,6-11H2,1-5H3. The molecule has 0 bridgehead atoms. The molecule has 0 spiro atoms. The van der Waals surface area contributed by atoms with Crippen molar-refractivity contribution in [1.82, 2.24) is 0 Å². The molecule has 2 unspecified atom stereocenters. The van der Waals surface area contributed by atoms with Crippen molar-refractivity contribution in [3.8, 4) is 0 Å². The topological polar surface area (TPSA) is 26.3 Å².